The van der Waals surface area contributed by atoms with Crippen LogP contribution in [-0.4, -0.2) is 64.5 Å². The molecule has 2 saturated heterocycles. The summed E-state index contributed by atoms with van der Waals surface area (Å²) in [6.45, 7) is 9.70. The molecule has 0 spiro atoms. The number of morpholine rings is 1. The number of aromatic carboxylic acids is 1. The van der Waals surface area contributed by atoms with Gasteiger partial charge in [0, 0.05) is 41.6 Å². The van der Waals surface area contributed by atoms with E-state index in [9.17, 15) is 14.7 Å². The van der Waals surface area contributed by atoms with Gasteiger partial charge in [0.15, 0.2) is 5.17 Å². The number of aliphatic imine (C=N–C) groups is 1. The van der Waals surface area contributed by atoms with Crippen molar-refractivity contribution in [2.24, 2.45) is 4.99 Å². The number of amides is 1. The maximum Gasteiger partial charge on any atom is 0.339 e. The van der Waals surface area contributed by atoms with E-state index in [1.54, 1.807) is 16.2 Å². The zero-order valence-corrected chi connectivity index (χ0v) is 25.2. The van der Waals surface area contributed by atoms with Gasteiger partial charge in [0.25, 0.3) is 5.91 Å². The van der Waals surface area contributed by atoms with E-state index in [0.29, 0.717) is 22.2 Å². The van der Waals surface area contributed by atoms with Gasteiger partial charge in [0.1, 0.15) is 5.00 Å². The second-order valence-electron chi connectivity index (χ2n) is 10.5. The van der Waals surface area contributed by atoms with Crippen LogP contribution in [0.3, 0.4) is 0 Å². The Hall–Kier alpha value is -3.34. The SMILES string of the molecule is CCN1C(=O)/C(=C/c2cc(C)n(-c3sc4c(c3C(=O)O)CCCC4)c2C)SC1=Nc1ccc(N2CCOCC2)cc1. The Bertz CT molecular complexity index is 1560. The lowest BCUT2D eigenvalue weighted by atomic mass is 9.95. The van der Waals surface area contributed by atoms with Crippen LogP contribution in [-0.2, 0) is 22.4 Å². The van der Waals surface area contributed by atoms with E-state index in [1.165, 1.54) is 16.6 Å². The summed E-state index contributed by atoms with van der Waals surface area (Å²) in [7, 11) is 0. The number of hydrogen-bond donors (Lipinski definition) is 1. The fourth-order valence-corrected chi connectivity index (χ4v) is 8.40. The first-order valence-corrected chi connectivity index (χ1v) is 15.8. The van der Waals surface area contributed by atoms with Crippen molar-refractivity contribution in [2.75, 3.05) is 37.7 Å². The lowest BCUT2D eigenvalue weighted by Crippen LogP contribution is -2.36. The molecule has 0 atom stereocenters. The molecule has 0 bridgehead atoms. The molecular formula is C31H34N4O4S2. The summed E-state index contributed by atoms with van der Waals surface area (Å²) in [4.78, 5) is 36.4. The number of ether oxygens (including phenoxy) is 1. The number of benzene rings is 1. The number of carbonyl (C=O) groups excluding carboxylic acids is 1. The van der Waals surface area contributed by atoms with Gasteiger partial charge in [-0.3, -0.25) is 9.69 Å². The molecule has 214 valence electrons. The van der Waals surface area contributed by atoms with Gasteiger partial charge in [-0.1, -0.05) is 0 Å². The van der Waals surface area contributed by atoms with Gasteiger partial charge in [0.2, 0.25) is 0 Å². The quantitative estimate of drug-likeness (QED) is 0.345. The standard InChI is InChI=1S/C31H34N4O4S2/c1-4-34-28(36)26(41-31(34)32-22-9-11-23(12-10-22)33-13-15-39-16-14-33)18-21-17-19(2)35(20(21)3)29-27(30(37)38)24-7-5-6-8-25(24)40-29/h9-12,17-18H,4-8,13-16H2,1-3H3,(H,37,38)/b26-18-,32-31?. The summed E-state index contributed by atoms with van der Waals surface area (Å²) in [5, 5.41) is 11.6. The highest BCUT2D eigenvalue weighted by molar-refractivity contribution is 8.18. The fraction of sp³-hybridized carbons (Fsp3) is 0.387. The van der Waals surface area contributed by atoms with Gasteiger partial charge >= 0.3 is 5.97 Å². The number of likely N-dealkylation sites (N-methyl/N-ethyl adjacent to an activating group) is 1. The number of nitrogens with zero attached hydrogens (tertiary/aromatic N) is 4. The summed E-state index contributed by atoms with van der Waals surface area (Å²) in [5.41, 5.74) is 6.17. The van der Waals surface area contributed by atoms with E-state index in [1.807, 2.05) is 49.6 Å². The van der Waals surface area contributed by atoms with Gasteiger partial charge in [0.05, 0.1) is 29.4 Å². The average Bonchev–Trinajstić information content (AvgIpc) is 3.59. The maximum absolute atomic E-state index is 13.4. The van der Waals surface area contributed by atoms with Gasteiger partial charge < -0.3 is 19.3 Å². The third-order valence-corrected chi connectivity index (χ3v) is 10.3. The molecule has 0 unspecified atom stereocenters. The molecule has 10 heteroatoms. The molecule has 0 radical (unpaired) electrons. The molecule has 1 amide bonds. The van der Waals surface area contributed by atoms with E-state index in [0.717, 1.165) is 90.9 Å². The van der Waals surface area contributed by atoms with Crippen molar-refractivity contribution in [1.82, 2.24) is 9.47 Å². The van der Waals surface area contributed by atoms with Crippen LogP contribution in [0.1, 0.15) is 57.5 Å². The summed E-state index contributed by atoms with van der Waals surface area (Å²) < 4.78 is 7.50. The molecular weight excluding hydrogens is 556 g/mol. The van der Waals surface area contributed by atoms with Gasteiger partial charge in [-0.05, 0) is 106 Å². The molecule has 8 nitrogen and oxygen atoms in total. The normalized spacial score (nSPS) is 19.4. The Morgan fingerprint density at radius 3 is 2.56 bits per heavy atom. The molecule has 2 aliphatic heterocycles. The molecule has 6 rings (SSSR count). The van der Waals surface area contributed by atoms with Gasteiger partial charge in [-0.25, -0.2) is 9.79 Å². The molecule has 3 aromatic rings. The fourth-order valence-electron chi connectivity index (χ4n) is 5.86. The number of aryl methyl sites for hydroxylation is 2. The maximum atomic E-state index is 13.4. The molecule has 2 aromatic heterocycles. The first-order valence-electron chi connectivity index (χ1n) is 14.2. The highest BCUT2D eigenvalue weighted by Gasteiger charge is 2.33. The number of anilines is 1. The number of hydrogen-bond acceptors (Lipinski definition) is 7. The van der Waals surface area contributed by atoms with E-state index in [-0.39, 0.29) is 5.91 Å². The van der Waals surface area contributed by atoms with Crippen molar-refractivity contribution in [1.29, 1.82) is 0 Å². The average molecular weight is 591 g/mol. The third-order valence-electron chi connectivity index (χ3n) is 7.98. The number of rotatable bonds is 6. The minimum atomic E-state index is -0.870. The molecule has 41 heavy (non-hydrogen) atoms. The molecule has 1 N–H and O–H groups in total. The van der Waals surface area contributed by atoms with Crippen molar-refractivity contribution in [3.05, 3.63) is 68.2 Å². The van der Waals surface area contributed by atoms with Crippen molar-refractivity contribution in [3.63, 3.8) is 0 Å². The van der Waals surface area contributed by atoms with Crippen molar-refractivity contribution >= 4 is 57.6 Å². The van der Waals surface area contributed by atoms with Gasteiger partial charge in [-0.15, -0.1) is 11.3 Å². The smallest absolute Gasteiger partial charge is 0.339 e. The predicted octanol–water partition coefficient (Wildman–Crippen LogP) is 6.19. The Morgan fingerprint density at radius 2 is 1.85 bits per heavy atom. The lowest BCUT2D eigenvalue weighted by molar-refractivity contribution is -0.122. The number of carboxylic acids is 1. The number of thioether (sulfide) groups is 1. The Labute approximate surface area is 248 Å². The van der Waals surface area contributed by atoms with Crippen LogP contribution in [0.5, 0.6) is 0 Å². The summed E-state index contributed by atoms with van der Waals surface area (Å²) >= 11 is 2.98. The molecule has 0 saturated carbocycles. The first-order chi connectivity index (χ1) is 19.9. The topological polar surface area (TPSA) is 87.4 Å². The van der Waals surface area contributed by atoms with Crippen LogP contribution in [0.15, 0.2) is 40.2 Å². The Kier molecular flexibility index (Phi) is 7.80. The second-order valence-corrected chi connectivity index (χ2v) is 12.6. The zero-order chi connectivity index (χ0) is 28.7. The zero-order valence-electron chi connectivity index (χ0n) is 23.6. The van der Waals surface area contributed by atoms with Crippen LogP contribution in [0.25, 0.3) is 11.1 Å². The number of aromatic nitrogens is 1. The molecule has 4 heterocycles. The Morgan fingerprint density at radius 1 is 1.12 bits per heavy atom. The number of amidine groups is 1. The van der Waals surface area contributed by atoms with Crippen LogP contribution in [0.2, 0.25) is 0 Å². The number of thiophene rings is 1. The van der Waals surface area contributed by atoms with Crippen LogP contribution in [0, 0.1) is 13.8 Å². The van der Waals surface area contributed by atoms with Crippen LogP contribution in [0.4, 0.5) is 11.4 Å². The molecule has 2 fully saturated rings. The summed E-state index contributed by atoms with van der Waals surface area (Å²) in [6, 6.07) is 10.2. The van der Waals surface area contributed by atoms with E-state index >= 15 is 0 Å². The van der Waals surface area contributed by atoms with E-state index in [2.05, 4.69) is 17.0 Å². The van der Waals surface area contributed by atoms with Crippen LogP contribution >= 0.6 is 23.1 Å². The predicted molar refractivity (Wildman–Crippen MR) is 166 cm³/mol. The largest absolute Gasteiger partial charge is 0.478 e. The number of carboxylic acid groups (broad SMARTS) is 1. The number of carbonyl (C=O) groups is 2. The third kappa shape index (κ3) is 5.24. The summed E-state index contributed by atoms with van der Waals surface area (Å²) in [6.07, 6.45) is 5.81. The molecule has 3 aliphatic rings. The minimum absolute atomic E-state index is 0.0659. The van der Waals surface area contributed by atoms with E-state index in [4.69, 9.17) is 9.73 Å². The molecule has 1 aliphatic carbocycles. The summed E-state index contributed by atoms with van der Waals surface area (Å²) in [5.74, 6) is -0.936. The second kappa shape index (κ2) is 11.5. The van der Waals surface area contributed by atoms with Crippen molar-refractivity contribution < 1.29 is 19.4 Å². The Balaban J connectivity index is 1.30. The van der Waals surface area contributed by atoms with Gasteiger partial charge in [-0.2, -0.15) is 0 Å². The number of fused-ring (bicyclic) bond motifs is 1. The first kappa shape index (κ1) is 27.8. The highest BCUT2D eigenvalue weighted by Crippen LogP contribution is 2.40. The lowest BCUT2D eigenvalue weighted by Gasteiger charge is -2.28. The minimum Gasteiger partial charge on any atom is -0.478 e. The van der Waals surface area contributed by atoms with Crippen molar-refractivity contribution in [3.8, 4) is 5.00 Å². The van der Waals surface area contributed by atoms with Crippen molar-refractivity contribution in [2.45, 2.75) is 46.5 Å². The monoisotopic (exact) mass is 590 g/mol. The van der Waals surface area contributed by atoms with Crippen LogP contribution < -0.4 is 4.90 Å². The van der Waals surface area contributed by atoms with E-state index < -0.39 is 5.97 Å². The highest BCUT2D eigenvalue weighted by atomic mass is 32.2. The molecule has 1 aromatic carbocycles.